The van der Waals surface area contributed by atoms with Crippen LogP contribution in [0.15, 0.2) is 54.6 Å². The summed E-state index contributed by atoms with van der Waals surface area (Å²) < 4.78 is 13.1. The lowest BCUT2D eigenvalue weighted by Crippen LogP contribution is -2.25. The van der Waals surface area contributed by atoms with Crippen LogP contribution in [0.2, 0.25) is 0 Å². The first-order valence-corrected chi connectivity index (χ1v) is 9.90. The van der Waals surface area contributed by atoms with E-state index in [1.54, 1.807) is 30.3 Å². The van der Waals surface area contributed by atoms with E-state index in [1.807, 2.05) is 19.1 Å². The molecule has 0 radical (unpaired) electrons. The fraction of sp³-hybridized carbons (Fsp3) is 0.182. The van der Waals surface area contributed by atoms with Crippen LogP contribution in [-0.4, -0.2) is 17.9 Å². The minimum Gasteiger partial charge on any atom is -0.349 e. The van der Waals surface area contributed by atoms with Crippen LogP contribution in [-0.2, 0) is 0 Å². The summed E-state index contributed by atoms with van der Waals surface area (Å²) in [6.07, 6.45) is 2.05. The number of aryl methyl sites for hydroxylation is 1. The van der Waals surface area contributed by atoms with Crippen molar-refractivity contribution in [1.29, 1.82) is 0 Å². The molecule has 0 saturated heterocycles. The predicted octanol–water partition coefficient (Wildman–Crippen LogP) is 5.01. The monoisotopic (exact) mass is 394 g/mol. The lowest BCUT2D eigenvalue weighted by molar-refractivity contribution is 0.0949. The number of thiophene rings is 1. The SMILES string of the molecule is Cc1ccc(C(=O)NC2CC2)cc1NC(=O)c1ccc(-c2ccc(F)cc2)s1. The fourth-order valence-corrected chi connectivity index (χ4v) is 3.71. The van der Waals surface area contributed by atoms with Crippen molar-refractivity contribution in [3.8, 4) is 10.4 Å². The van der Waals surface area contributed by atoms with Crippen LogP contribution in [0.1, 0.15) is 38.4 Å². The molecule has 1 saturated carbocycles. The number of halogens is 1. The number of hydrogen-bond donors (Lipinski definition) is 2. The third-order valence-corrected chi connectivity index (χ3v) is 5.75. The van der Waals surface area contributed by atoms with Crippen LogP contribution in [0.5, 0.6) is 0 Å². The molecule has 1 aromatic heterocycles. The first-order chi connectivity index (χ1) is 13.5. The molecule has 3 aromatic rings. The molecule has 6 heteroatoms. The van der Waals surface area contributed by atoms with Gasteiger partial charge in [0, 0.05) is 22.2 Å². The zero-order chi connectivity index (χ0) is 19.7. The topological polar surface area (TPSA) is 58.2 Å². The normalized spacial score (nSPS) is 13.2. The Morgan fingerprint density at radius 1 is 1.00 bits per heavy atom. The van der Waals surface area contributed by atoms with Crippen molar-refractivity contribution in [2.75, 3.05) is 5.32 Å². The standard InChI is InChI=1S/C22H19FN2O2S/c1-13-2-3-15(21(26)24-17-8-9-17)12-18(13)25-22(27)20-11-10-19(28-20)14-4-6-16(23)7-5-14/h2-7,10-12,17H,8-9H2,1H3,(H,24,26)(H,25,27). The van der Waals surface area contributed by atoms with Crippen LogP contribution in [0.25, 0.3) is 10.4 Å². The van der Waals surface area contributed by atoms with E-state index in [1.165, 1.54) is 23.5 Å². The van der Waals surface area contributed by atoms with Crippen molar-refractivity contribution in [2.45, 2.75) is 25.8 Å². The Balaban J connectivity index is 1.50. The number of carbonyl (C=O) groups excluding carboxylic acids is 2. The maximum Gasteiger partial charge on any atom is 0.265 e. The maximum absolute atomic E-state index is 13.1. The van der Waals surface area contributed by atoms with E-state index in [2.05, 4.69) is 10.6 Å². The van der Waals surface area contributed by atoms with Gasteiger partial charge in [0.15, 0.2) is 0 Å². The summed E-state index contributed by atoms with van der Waals surface area (Å²) in [5.41, 5.74) is 2.89. The molecular formula is C22H19FN2O2S. The van der Waals surface area contributed by atoms with Gasteiger partial charge in [0.05, 0.1) is 4.88 Å². The van der Waals surface area contributed by atoms with Crippen molar-refractivity contribution < 1.29 is 14.0 Å². The Bertz CT molecular complexity index is 1040. The van der Waals surface area contributed by atoms with Crippen LogP contribution in [0, 0.1) is 12.7 Å². The lowest BCUT2D eigenvalue weighted by atomic mass is 10.1. The molecule has 0 atom stereocenters. The largest absolute Gasteiger partial charge is 0.349 e. The third kappa shape index (κ3) is 4.12. The molecule has 0 unspecified atom stereocenters. The number of amides is 2. The maximum atomic E-state index is 13.1. The van der Waals surface area contributed by atoms with Crippen molar-refractivity contribution in [2.24, 2.45) is 0 Å². The van der Waals surface area contributed by atoms with Gasteiger partial charge in [0.25, 0.3) is 11.8 Å². The summed E-state index contributed by atoms with van der Waals surface area (Å²) >= 11 is 1.34. The molecule has 1 fully saturated rings. The Morgan fingerprint density at radius 2 is 1.75 bits per heavy atom. The zero-order valence-electron chi connectivity index (χ0n) is 15.3. The smallest absolute Gasteiger partial charge is 0.265 e. The fourth-order valence-electron chi connectivity index (χ4n) is 2.81. The molecule has 0 bridgehead atoms. The second kappa shape index (κ2) is 7.56. The van der Waals surface area contributed by atoms with Crippen molar-refractivity contribution >= 4 is 28.8 Å². The van der Waals surface area contributed by atoms with Crippen LogP contribution >= 0.6 is 11.3 Å². The van der Waals surface area contributed by atoms with E-state index in [0.29, 0.717) is 16.1 Å². The van der Waals surface area contributed by atoms with Crippen molar-refractivity contribution in [1.82, 2.24) is 5.32 Å². The van der Waals surface area contributed by atoms with Crippen LogP contribution in [0.4, 0.5) is 10.1 Å². The Kier molecular flexibility index (Phi) is 4.96. The quantitative estimate of drug-likeness (QED) is 0.639. The number of rotatable bonds is 5. The molecular weight excluding hydrogens is 375 g/mol. The first kappa shape index (κ1) is 18.4. The van der Waals surface area contributed by atoms with Crippen LogP contribution < -0.4 is 10.6 Å². The molecule has 2 amide bonds. The summed E-state index contributed by atoms with van der Waals surface area (Å²) in [4.78, 5) is 26.4. The zero-order valence-corrected chi connectivity index (χ0v) is 16.1. The minimum absolute atomic E-state index is 0.118. The van der Waals surface area contributed by atoms with E-state index in [0.717, 1.165) is 28.8 Å². The van der Waals surface area contributed by atoms with E-state index in [4.69, 9.17) is 0 Å². The highest BCUT2D eigenvalue weighted by Crippen LogP contribution is 2.29. The first-order valence-electron chi connectivity index (χ1n) is 9.08. The van der Waals surface area contributed by atoms with E-state index >= 15 is 0 Å². The summed E-state index contributed by atoms with van der Waals surface area (Å²) in [6, 6.07) is 15.4. The van der Waals surface area contributed by atoms with Gasteiger partial charge in [0.1, 0.15) is 5.82 Å². The molecule has 1 aliphatic rings. The van der Waals surface area contributed by atoms with Gasteiger partial charge in [-0.25, -0.2) is 4.39 Å². The highest BCUT2D eigenvalue weighted by atomic mass is 32.1. The van der Waals surface area contributed by atoms with Gasteiger partial charge in [0.2, 0.25) is 0 Å². The predicted molar refractivity (Wildman–Crippen MR) is 109 cm³/mol. The Labute approximate surface area is 166 Å². The molecule has 1 heterocycles. The molecule has 28 heavy (non-hydrogen) atoms. The van der Waals surface area contributed by atoms with Crippen molar-refractivity contribution in [3.05, 3.63) is 76.4 Å². The second-order valence-electron chi connectivity index (χ2n) is 6.90. The number of carbonyl (C=O) groups is 2. The average Bonchev–Trinajstić information content (AvgIpc) is 3.35. The van der Waals surface area contributed by atoms with Gasteiger partial charge < -0.3 is 10.6 Å². The second-order valence-corrected chi connectivity index (χ2v) is 7.99. The molecule has 0 aliphatic heterocycles. The number of benzene rings is 2. The minimum atomic E-state index is -0.292. The van der Waals surface area contributed by atoms with Crippen molar-refractivity contribution in [3.63, 3.8) is 0 Å². The number of anilines is 1. The molecule has 4 nitrogen and oxygen atoms in total. The highest BCUT2D eigenvalue weighted by molar-refractivity contribution is 7.17. The van der Waals surface area contributed by atoms with Gasteiger partial charge in [-0.2, -0.15) is 0 Å². The molecule has 2 aromatic carbocycles. The van der Waals surface area contributed by atoms with E-state index in [-0.39, 0.29) is 23.7 Å². The molecule has 1 aliphatic carbocycles. The molecule has 4 rings (SSSR count). The highest BCUT2D eigenvalue weighted by Gasteiger charge is 2.24. The number of hydrogen-bond acceptors (Lipinski definition) is 3. The number of nitrogens with one attached hydrogen (secondary N) is 2. The van der Waals surface area contributed by atoms with Gasteiger partial charge in [-0.15, -0.1) is 11.3 Å². The van der Waals surface area contributed by atoms with Gasteiger partial charge in [-0.1, -0.05) is 18.2 Å². The third-order valence-electron chi connectivity index (χ3n) is 4.62. The van der Waals surface area contributed by atoms with Gasteiger partial charge in [-0.05, 0) is 67.3 Å². The summed E-state index contributed by atoms with van der Waals surface area (Å²) in [5.74, 6) is -0.645. The van der Waals surface area contributed by atoms with Gasteiger partial charge in [-0.3, -0.25) is 9.59 Å². The Hall–Kier alpha value is -2.99. The summed E-state index contributed by atoms with van der Waals surface area (Å²) in [6.45, 7) is 1.89. The van der Waals surface area contributed by atoms with E-state index < -0.39 is 0 Å². The van der Waals surface area contributed by atoms with Gasteiger partial charge >= 0.3 is 0 Å². The summed E-state index contributed by atoms with van der Waals surface area (Å²) in [7, 11) is 0. The lowest BCUT2D eigenvalue weighted by Gasteiger charge is -2.10. The molecule has 0 spiro atoms. The summed E-state index contributed by atoms with van der Waals surface area (Å²) in [5, 5.41) is 5.85. The Morgan fingerprint density at radius 3 is 2.46 bits per heavy atom. The van der Waals surface area contributed by atoms with Crippen LogP contribution in [0.3, 0.4) is 0 Å². The molecule has 2 N–H and O–H groups in total. The average molecular weight is 394 g/mol. The van der Waals surface area contributed by atoms with E-state index in [9.17, 15) is 14.0 Å². The molecule has 142 valence electrons.